The van der Waals surface area contributed by atoms with Crippen molar-refractivity contribution in [3.63, 3.8) is 0 Å². The summed E-state index contributed by atoms with van der Waals surface area (Å²) < 4.78 is 41.8. The Balaban J connectivity index is 1.90. The van der Waals surface area contributed by atoms with Crippen LogP contribution in [0.4, 0.5) is 13.2 Å². The van der Waals surface area contributed by atoms with E-state index < -0.39 is 17.3 Å². The maximum Gasteiger partial charge on any atom is 0.416 e. The molecule has 0 spiro atoms. The monoisotopic (exact) mass is 423 g/mol. The number of nitrogens with one attached hydrogen (secondary N) is 1. The molecule has 0 saturated heterocycles. The molecule has 4 nitrogen and oxygen atoms in total. The summed E-state index contributed by atoms with van der Waals surface area (Å²) in [5.41, 5.74) is 3.60. The standard InChI is InChI=1S/C24H20F3N3O/c1-15-6-7-19(16(2)8-15)14-30-22(10-21(11-23(30)31)24(25,26)27)18-5-3-4-17(9-18)20-12-28-29-13-20/h3-13H,14H2,1-2H3,(H,28,29). The lowest BCUT2D eigenvalue weighted by Gasteiger charge is -2.18. The number of aryl methyl sites for hydroxylation is 2. The van der Waals surface area contributed by atoms with Gasteiger partial charge in [-0.1, -0.05) is 42.0 Å². The Labute approximate surface area is 177 Å². The fourth-order valence-corrected chi connectivity index (χ4v) is 3.62. The molecule has 0 amide bonds. The van der Waals surface area contributed by atoms with Crippen molar-refractivity contribution in [3.8, 4) is 22.4 Å². The van der Waals surface area contributed by atoms with E-state index >= 15 is 0 Å². The molecule has 2 aromatic carbocycles. The summed E-state index contributed by atoms with van der Waals surface area (Å²) >= 11 is 0. The minimum Gasteiger partial charge on any atom is -0.304 e. The number of hydrogen-bond acceptors (Lipinski definition) is 2. The fraction of sp³-hybridized carbons (Fsp3) is 0.167. The number of hydrogen-bond donors (Lipinski definition) is 1. The van der Waals surface area contributed by atoms with Crippen LogP contribution >= 0.6 is 0 Å². The smallest absolute Gasteiger partial charge is 0.304 e. The minimum absolute atomic E-state index is 0.175. The molecule has 0 saturated carbocycles. The SMILES string of the molecule is Cc1ccc(Cn2c(-c3cccc(-c4cn[nH]c4)c3)cc(C(F)(F)F)cc2=O)c(C)c1. The first kappa shape index (κ1) is 20.7. The first-order valence-electron chi connectivity index (χ1n) is 9.70. The van der Waals surface area contributed by atoms with Crippen molar-refractivity contribution >= 4 is 0 Å². The molecular weight excluding hydrogens is 403 g/mol. The van der Waals surface area contributed by atoms with Gasteiger partial charge in [-0.15, -0.1) is 0 Å². The van der Waals surface area contributed by atoms with Crippen LogP contribution in [0.2, 0.25) is 0 Å². The lowest BCUT2D eigenvalue weighted by Crippen LogP contribution is -2.25. The molecule has 4 aromatic rings. The van der Waals surface area contributed by atoms with Gasteiger partial charge in [0.05, 0.1) is 24.0 Å². The molecule has 0 radical (unpaired) electrons. The highest BCUT2D eigenvalue weighted by molar-refractivity contribution is 5.71. The molecule has 0 aliphatic heterocycles. The predicted octanol–water partition coefficient (Wildman–Crippen LogP) is 5.59. The zero-order valence-electron chi connectivity index (χ0n) is 17.0. The highest BCUT2D eigenvalue weighted by atomic mass is 19.4. The average molecular weight is 423 g/mol. The second kappa shape index (κ2) is 7.91. The third-order valence-electron chi connectivity index (χ3n) is 5.27. The maximum atomic E-state index is 13.5. The number of alkyl halides is 3. The van der Waals surface area contributed by atoms with Crippen LogP contribution in [0.3, 0.4) is 0 Å². The molecule has 2 heterocycles. The zero-order chi connectivity index (χ0) is 22.2. The zero-order valence-corrected chi connectivity index (χ0v) is 17.0. The van der Waals surface area contributed by atoms with Crippen molar-refractivity contribution in [2.24, 2.45) is 0 Å². The Morgan fingerprint density at radius 3 is 2.42 bits per heavy atom. The van der Waals surface area contributed by atoms with Gasteiger partial charge >= 0.3 is 6.18 Å². The number of pyridine rings is 1. The van der Waals surface area contributed by atoms with Gasteiger partial charge < -0.3 is 4.57 Å². The summed E-state index contributed by atoms with van der Waals surface area (Å²) in [5.74, 6) is 0. The van der Waals surface area contributed by atoms with E-state index in [-0.39, 0.29) is 12.2 Å². The number of nitrogens with zero attached hydrogens (tertiary/aromatic N) is 2. The number of benzene rings is 2. The van der Waals surface area contributed by atoms with Crippen molar-refractivity contribution in [2.45, 2.75) is 26.6 Å². The summed E-state index contributed by atoms with van der Waals surface area (Å²) in [6, 6.07) is 14.6. The van der Waals surface area contributed by atoms with Gasteiger partial charge in [0.15, 0.2) is 0 Å². The Hall–Kier alpha value is -3.61. The summed E-state index contributed by atoms with van der Waals surface area (Å²) in [5, 5.41) is 6.65. The molecule has 2 aromatic heterocycles. The molecule has 0 unspecified atom stereocenters. The normalized spacial score (nSPS) is 11.6. The Morgan fingerprint density at radius 2 is 1.74 bits per heavy atom. The number of aromatic amines is 1. The average Bonchev–Trinajstić information content (AvgIpc) is 3.25. The summed E-state index contributed by atoms with van der Waals surface area (Å²) in [6.45, 7) is 4.07. The summed E-state index contributed by atoms with van der Waals surface area (Å²) in [6.07, 6.45) is -1.28. The number of rotatable bonds is 4. The molecule has 0 aliphatic carbocycles. The van der Waals surface area contributed by atoms with Crippen molar-refractivity contribution in [2.75, 3.05) is 0 Å². The first-order valence-corrected chi connectivity index (χ1v) is 9.70. The predicted molar refractivity (Wildman–Crippen MR) is 114 cm³/mol. The van der Waals surface area contributed by atoms with Gasteiger partial charge in [-0.25, -0.2) is 0 Å². The largest absolute Gasteiger partial charge is 0.416 e. The van der Waals surface area contributed by atoms with E-state index in [1.54, 1.807) is 30.6 Å². The molecule has 7 heteroatoms. The van der Waals surface area contributed by atoms with E-state index in [9.17, 15) is 18.0 Å². The second-order valence-corrected chi connectivity index (χ2v) is 7.55. The van der Waals surface area contributed by atoms with Crippen molar-refractivity contribution in [1.29, 1.82) is 0 Å². The third-order valence-corrected chi connectivity index (χ3v) is 5.27. The second-order valence-electron chi connectivity index (χ2n) is 7.55. The molecule has 0 aliphatic rings. The van der Waals surface area contributed by atoms with Gasteiger partial charge in [-0.2, -0.15) is 18.3 Å². The van der Waals surface area contributed by atoms with Crippen LogP contribution in [0.5, 0.6) is 0 Å². The van der Waals surface area contributed by atoms with Gasteiger partial charge in [0, 0.05) is 17.8 Å². The Kier molecular flexibility index (Phi) is 5.27. The van der Waals surface area contributed by atoms with Crippen LogP contribution in [0.1, 0.15) is 22.3 Å². The highest BCUT2D eigenvalue weighted by Gasteiger charge is 2.32. The van der Waals surface area contributed by atoms with Crippen molar-refractivity contribution < 1.29 is 13.2 Å². The van der Waals surface area contributed by atoms with E-state index in [1.165, 1.54) is 4.57 Å². The number of halogens is 3. The first-order chi connectivity index (χ1) is 14.7. The van der Waals surface area contributed by atoms with Crippen LogP contribution in [0.25, 0.3) is 22.4 Å². The van der Waals surface area contributed by atoms with Crippen LogP contribution in [0, 0.1) is 13.8 Å². The molecule has 158 valence electrons. The van der Waals surface area contributed by atoms with E-state index in [0.29, 0.717) is 11.6 Å². The highest BCUT2D eigenvalue weighted by Crippen LogP contribution is 2.32. The van der Waals surface area contributed by atoms with E-state index in [2.05, 4.69) is 10.2 Å². The van der Waals surface area contributed by atoms with Gasteiger partial charge in [0.25, 0.3) is 5.56 Å². The van der Waals surface area contributed by atoms with Crippen LogP contribution in [0.15, 0.2) is 71.8 Å². The Bertz CT molecular complexity index is 1290. The lowest BCUT2D eigenvalue weighted by molar-refractivity contribution is -0.137. The summed E-state index contributed by atoms with van der Waals surface area (Å²) in [7, 11) is 0. The van der Waals surface area contributed by atoms with Crippen LogP contribution in [-0.4, -0.2) is 14.8 Å². The van der Waals surface area contributed by atoms with Crippen LogP contribution < -0.4 is 5.56 Å². The molecule has 1 N–H and O–H groups in total. The molecule has 0 fully saturated rings. The van der Waals surface area contributed by atoms with Crippen molar-refractivity contribution in [1.82, 2.24) is 14.8 Å². The maximum absolute atomic E-state index is 13.5. The molecular formula is C24H20F3N3O. The van der Waals surface area contributed by atoms with E-state index in [4.69, 9.17) is 0 Å². The van der Waals surface area contributed by atoms with Gasteiger partial charge in [0.1, 0.15) is 0 Å². The third kappa shape index (κ3) is 4.30. The van der Waals surface area contributed by atoms with Crippen molar-refractivity contribution in [3.05, 3.63) is 99.6 Å². The molecule has 0 bridgehead atoms. The van der Waals surface area contributed by atoms with E-state index in [0.717, 1.165) is 33.9 Å². The molecule has 4 rings (SSSR count). The van der Waals surface area contributed by atoms with Crippen LogP contribution in [-0.2, 0) is 12.7 Å². The summed E-state index contributed by atoms with van der Waals surface area (Å²) in [4.78, 5) is 12.8. The minimum atomic E-state index is -4.62. The number of aromatic nitrogens is 3. The quantitative estimate of drug-likeness (QED) is 0.465. The van der Waals surface area contributed by atoms with Gasteiger partial charge in [-0.3, -0.25) is 9.89 Å². The van der Waals surface area contributed by atoms with E-state index in [1.807, 2.05) is 38.1 Å². The topological polar surface area (TPSA) is 50.7 Å². The van der Waals surface area contributed by atoms with Gasteiger partial charge in [-0.05, 0) is 48.2 Å². The molecule has 31 heavy (non-hydrogen) atoms. The fourth-order valence-electron chi connectivity index (χ4n) is 3.62. The number of H-pyrrole nitrogens is 1. The Morgan fingerprint density at radius 1 is 0.968 bits per heavy atom. The van der Waals surface area contributed by atoms with Gasteiger partial charge in [0.2, 0.25) is 0 Å². The lowest BCUT2D eigenvalue weighted by atomic mass is 10.0. The molecule has 0 atom stereocenters.